The third kappa shape index (κ3) is 6.03. The van der Waals surface area contributed by atoms with E-state index >= 15 is 0 Å². The summed E-state index contributed by atoms with van der Waals surface area (Å²) >= 11 is 0. The number of nitrogens with one attached hydrogen (secondary N) is 1. The summed E-state index contributed by atoms with van der Waals surface area (Å²) in [7, 11) is -1.99. The fourth-order valence-electron chi connectivity index (χ4n) is 1.66. The van der Waals surface area contributed by atoms with Crippen LogP contribution in [0.15, 0.2) is 29.2 Å². The molecular weight excluding hydrogens is 307 g/mol. The molecule has 0 aliphatic heterocycles. The average Bonchev–Trinajstić information content (AvgIpc) is 2.42. The first-order valence-electron chi connectivity index (χ1n) is 6.37. The number of hydrogen-bond donors (Lipinski definition) is 1. The number of ether oxygens (including phenoxy) is 1. The van der Waals surface area contributed by atoms with Crippen LogP contribution in [0, 0.1) is 0 Å². The smallest absolute Gasteiger partial charge is 0.383 e. The largest absolute Gasteiger partial charge is 0.416 e. The van der Waals surface area contributed by atoms with Crippen molar-refractivity contribution in [1.82, 2.24) is 5.32 Å². The van der Waals surface area contributed by atoms with Gasteiger partial charge in [0.1, 0.15) is 0 Å². The van der Waals surface area contributed by atoms with Gasteiger partial charge >= 0.3 is 6.18 Å². The lowest BCUT2D eigenvalue weighted by Crippen LogP contribution is -2.22. The van der Waals surface area contributed by atoms with E-state index < -0.39 is 21.6 Å². The molecule has 120 valence electrons. The fraction of sp³-hybridized carbons (Fsp3) is 0.538. The molecule has 0 saturated carbocycles. The summed E-state index contributed by atoms with van der Waals surface area (Å²) in [5.41, 5.74) is -0.859. The molecule has 0 unspecified atom stereocenters. The summed E-state index contributed by atoms with van der Waals surface area (Å²) in [6.07, 6.45) is -4.08. The standard InChI is InChI=1S/C13H18F3NO3S/c1-20-9-8-17-7-2-10-21(18,19)12-5-3-11(4-6-12)13(14,15)16/h3-6,17H,2,7-10H2,1H3. The summed E-state index contributed by atoms with van der Waals surface area (Å²) in [4.78, 5) is -0.0904. The molecule has 0 heterocycles. The van der Waals surface area contributed by atoms with Crippen LogP contribution >= 0.6 is 0 Å². The minimum Gasteiger partial charge on any atom is -0.383 e. The van der Waals surface area contributed by atoms with Crippen LogP contribution in [-0.2, 0) is 20.8 Å². The van der Waals surface area contributed by atoms with Crippen molar-refractivity contribution < 1.29 is 26.3 Å². The van der Waals surface area contributed by atoms with Gasteiger partial charge in [-0.3, -0.25) is 0 Å². The molecule has 1 aromatic rings. The minimum atomic E-state index is -4.46. The monoisotopic (exact) mass is 325 g/mol. The molecule has 21 heavy (non-hydrogen) atoms. The molecule has 0 atom stereocenters. The van der Waals surface area contributed by atoms with Crippen LogP contribution in [0.3, 0.4) is 0 Å². The molecule has 0 spiro atoms. The van der Waals surface area contributed by atoms with Gasteiger partial charge in [-0.05, 0) is 37.2 Å². The van der Waals surface area contributed by atoms with Gasteiger partial charge < -0.3 is 10.1 Å². The second kappa shape index (κ2) is 7.77. The molecule has 0 saturated heterocycles. The molecule has 0 aliphatic rings. The maximum atomic E-state index is 12.4. The normalized spacial score (nSPS) is 12.6. The highest BCUT2D eigenvalue weighted by Crippen LogP contribution is 2.29. The topological polar surface area (TPSA) is 55.4 Å². The Morgan fingerprint density at radius 3 is 2.29 bits per heavy atom. The van der Waals surface area contributed by atoms with Crippen molar-refractivity contribution in [3.63, 3.8) is 0 Å². The lowest BCUT2D eigenvalue weighted by molar-refractivity contribution is -0.137. The number of hydrogen-bond acceptors (Lipinski definition) is 4. The molecule has 1 rings (SSSR count). The second-order valence-electron chi connectivity index (χ2n) is 4.44. The number of sulfone groups is 1. The molecule has 1 N–H and O–H groups in total. The van der Waals surface area contributed by atoms with E-state index in [1.54, 1.807) is 7.11 Å². The number of alkyl halides is 3. The van der Waals surface area contributed by atoms with Gasteiger partial charge in [0.05, 0.1) is 22.8 Å². The van der Waals surface area contributed by atoms with Gasteiger partial charge in [-0.1, -0.05) is 0 Å². The summed E-state index contributed by atoms with van der Waals surface area (Å²) < 4.78 is 65.9. The summed E-state index contributed by atoms with van der Waals surface area (Å²) in [5.74, 6) is -0.113. The van der Waals surface area contributed by atoms with Crippen molar-refractivity contribution in [2.24, 2.45) is 0 Å². The molecule has 0 aliphatic carbocycles. The van der Waals surface area contributed by atoms with Crippen LogP contribution in [0.2, 0.25) is 0 Å². The van der Waals surface area contributed by atoms with Crippen molar-refractivity contribution in [2.45, 2.75) is 17.5 Å². The van der Waals surface area contributed by atoms with Crippen LogP contribution < -0.4 is 5.32 Å². The quantitative estimate of drug-likeness (QED) is 0.744. The molecular formula is C13H18F3NO3S. The van der Waals surface area contributed by atoms with Crippen molar-refractivity contribution >= 4 is 9.84 Å². The van der Waals surface area contributed by atoms with Crippen LogP contribution in [0.1, 0.15) is 12.0 Å². The summed E-state index contributed by atoms with van der Waals surface area (Å²) in [6.45, 7) is 1.66. The van der Waals surface area contributed by atoms with Gasteiger partial charge in [-0.25, -0.2) is 8.42 Å². The highest BCUT2D eigenvalue weighted by molar-refractivity contribution is 7.91. The number of benzene rings is 1. The summed E-state index contributed by atoms with van der Waals surface area (Å²) in [6, 6.07) is 3.56. The first-order chi connectivity index (χ1) is 9.77. The van der Waals surface area contributed by atoms with Crippen LogP contribution in [0.4, 0.5) is 13.2 Å². The Morgan fingerprint density at radius 2 is 1.76 bits per heavy atom. The first kappa shape index (κ1) is 17.9. The minimum absolute atomic E-state index is 0.0904. The van der Waals surface area contributed by atoms with Crippen molar-refractivity contribution in [3.05, 3.63) is 29.8 Å². The van der Waals surface area contributed by atoms with Crippen molar-refractivity contribution in [1.29, 1.82) is 0 Å². The fourth-order valence-corrected chi connectivity index (χ4v) is 2.97. The lowest BCUT2D eigenvalue weighted by Gasteiger charge is -2.09. The van der Waals surface area contributed by atoms with Gasteiger partial charge in [0.25, 0.3) is 0 Å². The SMILES string of the molecule is COCCNCCCS(=O)(=O)c1ccc(C(F)(F)F)cc1. The Labute approximate surface area is 122 Å². The molecule has 4 nitrogen and oxygen atoms in total. The zero-order chi connectivity index (χ0) is 15.9. The molecule has 0 bridgehead atoms. The van der Waals surface area contributed by atoms with E-state index in [-0.39, 0.29) is 10.6 Å². The maximum absolute atomic E-state index is 12.4. The van der Waals surface area contributed by atoms with Gasteiger partial charge in [0, 0.05) is 13.7 Å². The molecule has 1 aromatic carbocycles. The Morgan fingerprint density at radius 1 is 1.14 bits per heavy atom. The predicted octanol–water partition coefficient (Wildman–Crippen LogP) is 2.11. The first-order valence-corrected chi connectivity index (χ1v) is 8.02. The molecule has 0 aromatic heterocycles. The van der Waals surface area contributed by atoms with Gasteiger partial charge in [-0.15, -0.1) is 0 Å². The Kier molecular flexibility index (Phi) is 6.63. The predicted molar refractivity (Wildman–Crippen MR) is 72.9 cm³/mol. The average molecular weight is 325 g/mol. The second-order valence-corrected chi connectivity index (χ2v) is 6.55. The van der Waals surface area contributed by atoms with E-state index in [9.17, 15) is 21.6 Å². The van der Waals surface area contributed by atoms with Crippen molar-refractivity contribution in [2.75, 3.05) is 32.6 Å². The summed E-state index contributed by atoms with van der Waals surface area (Å²) in [5, 5.41) is 3.00. The van der Waals surface area contributed by atoms with Crippen molar-refractivity contribution in [3.8, 4) is 0 Å². The number of methoxy groups -OCH3 is 1. The zero-order valence-corrected chi connectivity index (χ0v) is 12.4. The van der Waals surface area contributed by atoms with E-state index in [1.807, 2.05) is 0 Å². The lowest BCUT2D eigenvalue weighted by atomic mass is 10.2. The maximum Gasteiger partial charge on any atom is 0.416 e. The molecule has 8 heteroatoms. The Balaban J connectivity index is 2.54. The van der Waals surface area contributed by atoms with Gasteiger partial charge in [-0.2, -0.15) is 13.2 Å². The van der Waals surface area contributed by atoms with E-state index in [2.05, 4.69) is 5.32 Å². The number of rotatable bonds is 8. The molecule has 0 amide bonds. The van der Waals surface area contributed by atoms with E-state index in [1.165, 1.54) is 0 Å². The Hall–Kier alpha value is -1.12. The van der Waals surface area contributed by atoms with Gasteiger partial charge in [0.15, 0.2) is 9.84 Å². The van der Waals surface area contributed by atoms with Crippen LogP contribution in [0.5, 0.6) is 0 Å². The molecule has 0 fully saturated rings. The highest BCUT2D eigenvalue weighted by Gasteiger charge is 2.30. The highest BCUT2D eigenvalue weighted by atomic mass is 32.2. The zero-order valence-electron chi connectivity index (χ0n) is 11.6. The third-order valence-corrected chi connectivity index (χ3v) is 4.61. The van der Waals surface area contributed by atoms with Crippen LogP contribution in [0.25, 0.3) is 0 Å². The molecule has 0 radical (unpaired) electrons. The Bertz CT molecular complexity index is 527. The van der Waals surface area contributed by atoms with E-state index in [0.29, 0.717) is 26.1 Å². The number of halogens is 3. The third-order valence-electron chi connectivity index (χ3n) is 2.79. The van der Waals surface area contributed by atoms with Gasteiger partial charge in [0.2, 0.25) is 0 Å². The van der Waals surface area contributed by atoms with E-state index in [4.69, 9.17) is 4.74 Å². The van der Waals surface area contributed by atoms with E-state index in [0.717, 1.165) is 24.3 Å². The van der Waals surface area contributed by atoms with Crippen LogP contribution in [-0.4, -0.2) is 41.0 Å².